The number of rotatable bonds is 3. The van der Waals surface area contributed by atoms with Crippen molar-refractivity contribution in [2.24, 2.45) is 7.05 Å². The van der Waals surface area contributed by atoms with Crippen LogP contribution < -0.4 is 4.90 Å². The Kier molecular flexibility index (Phi) is 8.89. The number of tetrazole rings is 1. The number of piperidine rings is 1. The lowest BCUT2D eigenvalue weighted by atomic mass is 9.77. The van der Waals surface area contributed by atoms with Crippen LogP contribution in [0.25, 0.3) is 0 Å². The molecule has 4 aliphatic rings. The van der Waals surface area contributed by atoms with E-state index < -0.39 is 76.7 Å². The van der Waals surface area contributed by atoms with E-state index in [1.54, 1.807) is 0 Å². The molecule has 0 spiro atoms. The van der Waals surface area contributed by atoms with Gasteiger partial charge in [-0.25, -0.2) is 0 Å². The van der Waals surface area contributed by atoms with Crippen LogP contribution in [-0.2, 0) is 42.3 Å². The molecule has 2 fully saturated rings. The molecule has 1 amide bonds. The van der Waals surface area contributed by atoms with Crippen LogP contribution in [0.15, 0.2) is 36.4 Å². The number of halogens is 9. The van der Waals surface area contributed by atoms with E-state index in [0.717, 1.165) is 16.9 Å². The fraction of sp³-hybridized carbons (Fsp3) is 0.562. The Hall–Kier alpha value is -3.93. The van der Waals surface area contributed by atoms with E-state index in [1.165, 1.54) is 22.9 Å². The zero-order chi connectivity index (χ0) is 36.4. The van der Waals surface area contributed by atoms with Gasteiger partial charge in [0.2, 0.25) is 5.91 Å². The minimum Gasteiger partial charge on any atom is -0.388 e. The summed E-state index contributed by atoms with van der Waals surface area (Å²) in [7, 11) is 1.41. The van der Waals surface area contributed by atoms with Crippen molar-refractivity contribution in [1.82, 2.24) is 30.0 Å². The van der Waals surface area contributed by atoms with Crippen LogP contribution in [0.4, 0.5) is 45.5 Å². The van der Waals surface area contributed by atoms with Gasteiger partial charge in [0.1, 0.15) is 0 Å². The highest BCUT2D eigenvalue weighted by Crippen LogP contribution is 2.45. The Balaban J connectivity index is 1.59. The lowest BCUT2D eigenvalue weighted by Crippen LogP contribution is -2.53. The maximum atomic E-state index is 14.1. The molecule has 9 nitrogen and oxygen atoms in total. The molecule has 0 aliphatic carbocycles. The number of nitrogens with zero attached hydrogens (tertiary/aromatic N) is 7. The maximum Gasteiger partial charge on any atom is 0.416 e. The molecule has 5 heterocycles. The fourth-order valence-corrected chi connectivity index (χ4v) is 7.56. The summed E-state index contributed by atoms with van der Waals surface area (Å²) in [5, 5.41) is 23.7. The van der Waals surface area contributed by atoms with Crippen molar-refractivity contribution < 1.29 is 49.4 Å². The van der Waals surface area contributed by atoms with Crippen LogP contribution in [-0.4, -0.2) is 79.3 Å². The Morgan fingerprint density at radius 3 is 1.98 bits per heavy atom. The Bertz CT molecular complexity index is 1720. The third-order valence-corrected chi connectivity index (χ3v) is 10.0. The highest BCUT2D eigenvalue weighted by Gasteiger charge is 2.51. The van der Waals surface area contributed by atoms with Gasteiger partial charge >= 0.3 is 18.5 Å². The van der Waals surface area contributed by atoms with Crippen LogP contribution in [0.5, 0.6) is 0 Å². The van der Waals surface area contributed by atoms with Gasteiger partial charge in [-0.15, -0.1) is 5.10 Å². The summed E-state index contributed by atoms with van der Waals surface area (Å²) < 4.78 is 127. The number of fused-ring (bicyclic) bond motifs is 4. The molecular formula is C32H34F9N7O2. The van der Waals surface area contributed by atoms with E-state index in [0.29, 0.717) is 37.2 Å². The van der Waals surface area contributed by atoms with E-state index in [1.807, 2.05) is 6.92 Å². The third kappa shape index (κ3) is 7.00. The molecule has 2 saturated heterocycles. The van der Waals surface area contributed by atoms with Crippen molar-refractivity contribution in [3.8, 4) is 0 Å². The zero-order valence-corrected chi connectivity index (χ0v) is 27.0. The van der Waals surface area contributed by atoms with Crippen molar-refractivity contribution in [3.05, 3.63) is 69.8 Å². The molecule has 0 radical (unpaired) electrons. The van der Waals surface area contributed by atoms with Crippen molar-refractivity contribution in [2.75, 3.05) is 37.6 Å². The largest absolute Gasteiger partial charge is 0.416 e. The van der Waals surface area contributed by atoms with Gasteiger partial charge in [-0.1, -0.05) is 18.1 Å². The lowest BCUT2D eigenvalue weighted by Gasteiger charge is -2.44. The van der Waals surface area contributed by atoms with Crippen LogP contribution in [0.1, 0.15) is 72.0 Å². The molecule has 1 aromatic heterocycles. The molecule has 0 saturated carbocycles. The number of aromatic nitrogens is 4. The molecule has 4 bridgehead atoms. The monoisotopic (exact) mass is 719 g/mol. The van der Waals surface area contributed by atoms with Crippen LogP contribution in [0.2, 0.25) is 0 Å². The second kappa shape index (κ2) is 12.4. The summed E-state index contributed by atoms with van der Waals surface area (Å²) >= 11 is 0. The second-order valence-electron chi connectivity index (χ2n) is 13.5. The Morgan fingerprint density at radius 1 is 0.840 bits per heavy atom. The average Bonchev–Trinajstić information content (AvgIpc) is 3.59. The molecule has 272 valence electrons. The topological polar surface area (TPSA) is 90.6 Å². The van der Waals surface area contributed by atoms with Crippen molar-refractivity contribution in [2.45, 2.75) is 74.7 Å². The van der Waals surface area contributed by atoms with Crippen LogP contribution in [0.3, 0.4) is 0 Å². The van der Waals surface area contributed by atoms with E-state index in [2.05, 4.69) is 20.3 Å². The van der Waals surface area contributed by atoms with Gasteiger partial charge in [-0.2, -0.15) is 44.3 Å². The van der Waals surface area contributed by atoms with Crippen LogP contribution >= 0.6 is 0 Å². The van der Waals surface area contributed by atoms with Gasteiger partial charge in [0.15, 0.2) is 0 Å². The maximum absolute atomic E-state index is 14.1. The molecule has 4 aliphatic heterocycles. The molecule has 2 aromatic carbocycles. The summed E-state index contributed by atoms with van der Waals surface area (Å²) in [6, 6.07) is 4.06. The lowest BCUT2D eigenvalue weighted by molar-refractivity contribution is -0.143. The molecule has 3 aromatic rings. The summed E-state index contributed by atoms with van der Waals surface area (Å²) in [4.78, 5) is 19.4. The minimum absolute atomic E-state index is 0.00394. The van der Waals surface area contributed by atoms with Gasteiger partial charge in [0, 0.05) is 57.1 Å². The third-order valence-electron chi connectivity index (χ3n) is 10.0. The first kappa shape index (κ1) is 35.9. The normalized spacial score (nSPS) is 26.7. The van der Waals surface area contributed by atoms with E-state index >= 15 is 0 Å². The van der Waals surface area contributed by atoms with Gasteiger partial charge < -0.3 is 14.9 Å². The quantitative estimate of drug-likeness (QED) is 0.346. The van der Waals surface area contributed by atoms with Crippen LogP contribution in [0, 0.1) is 0 Å². The number of carbonyl (C=O) groups excluding carboxylic acids is 1. The molecule has 1 N–H and O–H groups in total. The number of anilines is 1. The van der Waals surface area contributed by atoms with E-state index in [4.69, 9.17) is 0 Å². The standard InChI is InChI=1S/C32H34F9N7O2/c1-3-25-24-5-4-20(30(33,34)35)10-19(24)15-47(27-42-44-45(2)43-27)16-28(21-11-22(31(36,37)38)13-23(12-21)32(39,40)41)14-26(49)48(17-28)18-29(50)6-8-46(25)9-7-29/h4-5,10-13,25,50H,3,6-9,14-18H2,1-2H3. The summed E-state index contributed by atoms with van der Waals surface area (Å²) in [6.45, 7) is 1.08. The van der Waals surface area contributed by atoms with Gasteiger partial charge in [0.05, 0.1) is 29.3 Å². The fourth-order valence-electron chi connectivity index (χ4n) is 7.56. The van der Waals surface area contributed by atoms with E-state index in [9.17, 15) is 49.4 Å². The first-order chi connectivity index (χ1) is 23.2. The summed E-state index contributed by atoms with van der Waals surface area (Å²) in [5.74, 6) is -0.773. The number of amides is 1. The molecule has 7 rings (SSSR count). The number of aliphatic hydroxyl groups is 1. The SMILES string of the molecule is CCC1c2ccc(C(F)(F)F)cc2CN(c2nnn(C)n2)CC2(c3cc(C(F)(F)F)cc(C(F)(F)F)c3)CC(=O)N(CC3(O)CCN1CC3)C2. The Morgan fingerprint density at radius 2 is 1.44 bits per heavy atom. The van der Waals surface area contributed by atoms with Crippen molar-refractivity contribution >= 4 is 11.9 Å². The number of aryl methyl sites for hydroxylation is 1. The summed E-state index contributed by atoms with van der Waals surface area (Å²) in [5.41, 5.74) is -7.09. The molecule has 50 heavy (non-hydrogen) atoms. The Labute approximate surface area is 280 Å². The number of alkyl halides is 9. The van der Waals surface area contributed by atoms with Crippen molar-refractivity contribution in [3.63, 3.8) is 0 Å². The highest BCUT2D eigenvalue weighted by molar-refractivity contribution is 5.81. The van der Waals surface area contributed by atoms with Gasteiger partial charge in [-0.05, 0) is 71.5 Å². The zero-order valence-electron chi connectivity index (χ0n) is 27.0. The number of hydrogen-bond donors (Lipinski definition) is 1. The van der Waals surface area contributed by atoms with Crippen molar-refractivity contribution in [1.29, 1.82) is 0 Å². The molecular weight excluding hydrogens is 685 g/mol. The molecule has 18 heteroatoms. The van der Waals surface area contributed by atoms with Gasteiger partial charge in [-0.3, -0.25) is 9.69 Å². The number of carbonyl (C=O) groups is 1. The first-order valence-electron chi connectivity index (χ1n) is 15.9. The van der Waals surface area contributed by atoms with E-state index in [-0.39, 0.29) is 50.1 Å². The smallest absolute Gasteiger partial charge is 0.388 e. The predicted octanol–water partition coefficient (Wildman–Crippen LogP) is 5.74. The number of benzene rings is 2. The highest BCUT2D eigenvalue weighted by atomic mass is 19.4. The first-order valence-corrected chi connectivity index (χ1v) is 15.9. The second-order valence-corrected chi connectivity index (χ2v) is 13.5. The molecule has 2 unspecified atom stereocenters. The predicted molar refractivity (Wildman–Crippen MR) is 159 cm³/mol. The average molecular weight is 720 g/mol. The van der Waals surface area contributed by atoms with Gasteiger partial charge in [0.25, 0.3) is 5.95 Å². The minimum atomic E-state index is -5.19. The molecule has 2 atom stereocenters. The number of hydrogen-bond acceptors (Lipinski definition) is 7. The summed E-state index contributed by atoms with van der Waals surface area (Å²) in [6.07, 6.45) is -14.8.